The van der Waals surface area contributed by atoms with E-state index in [9.17, 15) is 4.79 Å². The van der Waals surface area contributed by atoms with E-state index < -0.39 is 0 Å². The summed E-state index contributed by atoms with van der Waals surface area (Å²) in [6.45, 7) is 4.55. The van der Waals surface area contributed by atoms with E-state index in [1.165, 1.54) is 0 Å². The number of rotatable bonds is 1. The summed E-state index contributed by atoms with van der Waals surface area (Å²) in [5.74, 6) is -0.357. The Morgan fingerprint density at radius 2 is 1.55 bits per heavy atom. The van der Waals surface area contributed by atoms with Crippen molar-refractivity contribution in [2.75, 3.05) is 6.61 Å². The molecule has 20 heavy (non-hydrogen) atoms. The quantitative estimate of drug-likeness (QED) is 0.674. The van der Waals surface area contributed by atoms with Crippen molar-refractivity contribution in [3.8, 4) is 0 Å². The smallest absolute Gasteiger partial charge is 0.313 e. The van der Waals surface area contributed by atoms with Gasteiger partial charge in [0.05, 0.1) is 12.5 Å². The molecule has 102 valence electrons. The zero-order chi connectivity index (χ0) is 14.2. The minimum atomic E-state index is -0.201. The van der Waals surface area contributed by atoms with Crippen molar-refractivity contribution in [3.63, 3.8) is 0 Å². The van der Waals surface area contributed by atoms with Crippen molar-refractivity contribution in [2.45, 2.75) is 6.42 Å². The Morgan fingerprint density at radius 1 is 0.950 bits per heavy atom. The van der Waals surface area contributed by atoms with Gasteiger partial charge in [-0.15, -0.1) is 0 Å². The molecule has 0 spiro atoms. The summed E-state index contributed by atoms with van der Waals surface area (Å²) in [4.78, 5) is 11.8. The molecule has 1 saturated heterocycles. The molecule has 0 aromatic heterocycles. The molecule has 1 aliphatic heterocycles. The molecule has 1 aliphatic carbocycles. The highest BCUT2D eigenvalue weighted by molar-refractivity contribution is 5.79. The lowest BCUT2D eigenvalue weighted by Gasteiger charge is -2.11. The third-order valence-electron chi connectivity index (χ3n) is 3.14. The van der Waals surface area contributed by atoms with E-state index in [0.29, 0.717) is 6.61 Å². The Morgan fingerprint density at radius 3 is 2.15 bits per heavy atom. The third kappa shape index (κ3) is 3.82. The van der Waals surface area contributed by atoms with E-state index in [2.05, 4.69) is 6.58 Å². The van der Waals surface area contributed by atoms with Crippen LogP contribution in [0.3, 0.4) is 0 Å². The second-order valence-electron chi connectivity index (χ2n) is 4.55. The van der Waals surface area contributed by atoms with Gasteiger partial charge in [-0.1, -0.05) is 73.4 Å². The molecular weight excluding hydrogens is 248 g/mol. The maximum atomic E-state index is 11.8. The Hall–Kier alpha value is -2.35. The van der Waals surface area contributed by atoms with Gasteiger partial charge in [-0.05, 0) is 17.6 Å². The highest BCUT2D eigenvalue weighted by Crippen LogP contribution is 2.28. The van der Waals surface area contributed by atoms with Gasteiger partial charge in [-0.3, -0.25) is 4.79 Å². The first-order valence-corrected chi connectivity index (χ1v) is 6.70. The number of carbonyl (C=O) groups is 1. The Balaban J connectivity index is 2.29. The monoisotopic (exact) mass is 266 g/mol. The zero-order valence-corrected chi connectivity index (χ0v) is 11.4. The Kier molecular flexibility index (Phi) is 5.13. The van der Waals surface area contributed by atoms with Crippen LogP contribution in [0.1, 0.15) is 6.42 Å². The second kappa shape index (κ2) is 7.29. The molecule has 0 radical (unpaired) electrons. The molecule has 0 aromatic rings. The standard InChI is InChI=1S/C18H18O2/c1-15-11-9-7-5-3-2-4-6-8-10-12-16(15)17-13-14-20-18(17)19/h2-12,17H,1,13-14H2/b3-2+,6-4-,7-5-,10-8-,11-9?,16-12-. The maximum absolute atomic E-state index is 11.8. The van der Waals surface area contributed by atoms with Crippen molar-refractivity contribution in [2.24, 2.45) is 5.92 Å². The lowest BCUT2D eigenvalue weighted by Crippen LogP contribution is -2.11. The molecular formula is C18H18O2. The van der Waals surface area contributed by atoms with Gasteiger partial charge in [0.2, 0.25) is 0 Å². The van der Waals surface area contributed by atoms with Gasteiger partial charge in [-0.25, -0.2) is 0 Å². The highest BCUT2D eigenvalue weighted by atomic mass is 16.5. The molecule has 2 rings (SSSR count). The molecule has 0 N–H and O–H groups in total. The van der Waals surface area contributed by atoms with Gasteiger partial charge in [-0.2, -0.15) is 0 Å². The molecule has 1 heterocycles. The van der Waals surface area contributed by atoms with Gasteiger partial charge in [0.15, 0.2) is 0 Å². The molecule has 2 aliphatic rings. The van der Waals surface area contributed by atoms with Crippen LogP contribution in [0.25, 0.3) is 0 Å². The second-order valence-corrected chi connectivity index (χ2v) is 4.55. The molecule has 2 nitrogen and oxygen atoms in total. The molecule has 0 saturated carbocycles. The highest BCUT2D eigenvalue weighted by Gasteiger charge is 2.30. The molecule has 1 fully saturated rings. The van der Waals surface area contributed by atoms with Crippen molar-refractivity contribution >= 4 is 5.97 Å². The fraction of sp³-hybridized carbons (Fsp3) is 0.167. The third-order valence-corrected chi connectivity index (χ3v) is 3.14. The van der Waals surface area contributed by atoms with Crippen LogP contribution < -0.4 is 0 Å². The fourth-order valence-corrected chi connectivity index (χ4v) is 2.10. The van der Waals surface area contributed by atoms with Gasteiger partial charge >= 0.3 is 5.97 Å². The number of esters is 1. The molecule has 2 heteroatoms. The summed E-state index contributed by atoms with van der Waals surface area (Å²) >= 11 is 0. The van der Waals surface area contributed by atoms with Crippen LogP contribution in [0.4, 0.5) is 0 Å². The topological polar surface area (TPSA) is 26.3 Å². The molecule has 1 unspecified atom stereocenters. The van der Waals surface area contributed by atoms with Crippen molar-refractivity contribution < 1.29 is 9.53 Å². The number of ether oxygens (including phenoxy) is 1. The number of allylic oxidation sites excluding steroid dienone is 12. The number of hydrogen-bond acceptors (Lipinski definition) is 2. The Bertz CT molecular complexity index is 554. The van der Waals surface area contributed by atoms with Crippen LogP contribution in [0.15, 0.2) is 84.6 Å². The van der Waals surface area contributed by atoms with Crippen LogP contribution in [-0.2, 0) is 9.53 Å². The lowest BCUT2D eigenvalue weighted by molar-refractivity contribution is -0.140. The van der Waals surface area contributed by atoms with Gasteiger partial charge < -0.3 is 4.74 Å². The molecule has 0 bridgehead atoms. The summed E-state index contributed by atoms with van der Waals surface area (Å²) in [7, 11) is 0. The SMILES string of the molecule is C=C1C=C\C=C/C=C/C=C\C=C/C=C/1C1CCOC1=O. The largest absolute Gasteiger partial charge is 0.465 e. The van der Waals surface area contributed by atoms with Crippen LogP contribution in [0.5, 0.6) is 0 Å². The average Bonchev–Trinajstić information content (AvgIpc) is 2.86. The van der Waals surface area contributed by atoms with E-state index in [1.54, 1.807) is 0 Å². The van der Waals surface area contributed by atoms with Gasteiger partial charge in [0, 0.05) is 0 Å². The predicted octanol–water partition coefficient (Wildman–Crippen LogP) is 3.83. The normalized spacial score (nSPS) is 32.0. The van der Waals surface area contributed by atoms with Crippen LogP contribution in [-0.4, -0.2) is 12.6 Å². The molecule has 1 atom stereocenters. The summed E-state index contributed by atoms with van der Waals surface area (Å²) in [6.07, 6.45) is 22.1. The predicted molar refractivity (Wildman–Crippen MR) is 82.0 cm³/mol. The van der Waals surface area contributed by atoms with Gasteiger partial charge in [0.1, 0.15) is 0 Å². The maximum Gasteiger partial charge on any atom is 0.313 e. The Labute approximate surface area is 119 Å². The summed E-state index contributed by atoms with van der Waals surface area (Å²) in [6, 6.07) is 0. The first kappa shape index (κ1) is 14.1. The van der Waals surface area contributed by atoms with E-state index in [4.69, 9.17) is 4.74 Å². The van der Waals surface area contributed by atoms with Crippen LogP contribution in [0, 0.1) is 5.92 Å². The fourth-order valence-electron chi connectivity index (χ4n) is 2.10. The minimum Gasteiger partial charge on any atom is -0.465 e. The zero-order valence-electron chi connectivity index (χ0n) is 11.4. The van der Waals surface area contributed by atoms with E-state index in [1.807, 2.05) is 66.8 Å². The number of carbonyl (C=O) groups excluding carboxylic acids is 1. The molecule has 0 amide bonds. The van der Waals surface area contributed by atoms with Crippen molar-refractivity contribution in [3.05, 3.63) is 84.6 Å². The van der Waals surface area contributed by atoms with Gasteiger partial charge in [0.25, 0.3) is 0 Å². The first-order chi connectivity index (χ1) is 9.79. The summed E-state index contributed by atoms with van der Waals surface area (Å²) in [5.41, 5.74) is 1.77. The average molecular weight is 266 g/mol. The lowest BCUT2D eigenvalue weighted by atomic mass is 9.91. The van der Waals surface area contributed by atoms with Crippen LogP contribution >= 0.6 is 0 Å². The van der Waals surface area contributed by atoms with Crippen molar-refractivity contribution in [1.29, 1.82) is 0 Å². The number of cyclic esters (lactones) is 1. The first-order valence-electron chi connectivity index (χ1n) is 6.70. The van der Waals surface area contributed by atoms with Crippen LogP contribution in [0.2, 0.25) is 0 Å². The van der Waals surface area contributed by atoms with E-state index >= 15 is 0 Å². The minimum absolute atomic E-state index is 0.156. The van der Waals surface area contributed by atoms with E-state index in [-0.39, 0.29) is 11.9 Å². The van der Waals surface area contributed by atoms with Crippen molar-refractivity contribution in [1.82, 2.24) is 0 Å². The number of hydrogen-bond donors (Lipinski definition) is 0. The van der Waals surface area contributed by atoms with E-state index in [0.717, 1.165) is 17.6 Å². The summed E-state index contributed by atoms with van der Waals surface area (Å²) < 4.78 is 5.05. The molecule has 0 aromatic carbocycles. The summed E-state index contributed by atoms with van der Waals surface area (Å²) in [5, 5.41) is 0.